The van der Waals surface area contributed by atoms with Gasteiger partial charge in [0.2, 0.25) is 0 Å². The molecule has 208 valence electrons. The van der Waals surface area contributed by atoms with Crippen molar-refractivity contribution in [1.29, 1.82) is 0 Å². The largest absolute Gasteiger partial charge is 0.396 e. The summed E-state index contributed by atoms with van der Waals surface area (Å²) in [4.78, 5) is -2.57. The van der Waals surface area contributed by atoms with Crippen molar-refractivity contribution in [2.45, 2.75) is 28.5 Å². The summed E-state index contributed by atoms with van der Waals surface area (Å²) in [6.07, 6.45) is 0. The highest BCUT2D eigenvalue weighted by molar-refractivity contribution is 7.86. The fraction of sp³-hybridized carbons (Fsp3) is 0.100. The minimum atomic E-state index is -5.05. The van der Waals surface area contributed by atoms with Gasteiger partial charge in [0, 0.05) is 0 Å². The molecule has 0 heterocycles. The van der Waals surface area contributed by atoms with Crippen molar-refractivity contribution in [3.63, 3.8) is 0 Å². The van der Waals surface area contributed by atoms with Crippen LogP contribution in [0.5, 0.6) is 0 Å². The molecule has 0 unspecified atom stereocenters. The SMILES string of the molecule is Cc1ccc(N=Nc2cc(S(=O)(=O)O)c(N)c(N=Nc3cc(C)c(F)cc3S(=O)(=O)O)c2N)c(S(=O)(=O)O)c1. The minimum absolute atomic E-state index is 0.0915. The molecular formula is C20H19FN6O9S3. The molecule has 7 N–H and O–H groups in total. The van der Waals surface area contributed by atoms with Gasteiger partial charge >= 0.3 is 0 Å². The average molecular weight is 603 g/mol. The van der Waals surface area contributed by atoms with Crippen molar-refractivity contribution in [3.05, 3.63) is 53.3 Å². The number of hydrogen-bond donors (Lipinski definition) is 5. The summed E-state index contributed by atoms with van der Waals surface area (Å²) < 4.78 is 113. The van der Waals surface area contributed by atoms with Crippen LogP contribution in [0.3, 0.4) is 0 Å². The molecule has 0 aliphatic carbocycles. The Morgan fingerprint density at radius 2 is 1.15 bits per heavy atom. The van der Waals surface area contributed by atoms with Gasteiger partial charge in [0.1, 0.15) is 43.3 Å². The number of nitrogens with zero attached hydrogens (tertiary/aromatic N) is 4. The lowest BCUT2D eigenvalue weighted by Gasteiger charge is -2.11. The van der Waals surface area contributed by atoms with E-state index in [0.717, 1.165) is 12.1 Å². The normalized spacial score (nSPS) is 13.0. The summed E-state index contributed by atoms with van der Waals surface area (Å²) in [6, 6.07) is 5.81. The summed E-state index contributed by atoms with van der Waals surface area (Å²) in [6.45, 7) is 2.80. The van der Waals surface area contributed by atoms with Crippen LogP contribution in [-0.2, 0) is 30.4 Å². The highest BCUT2D eigenvalue weighted by Crippen LogP contribution is 2.43. The standard InChI is InChI=1S/C20H19FN6O9S3/c1-9-3-4-12(15(5-9)37(28,29)30)24-26-14-8-17(39(34,35)36)19(23)20(18(14)22)27-25-13-6-10(2)11(21)7-16(13)38(31,32)33/h3-8H,22-23H2,1-2H3,(H,28,29,30)(H,31,32,33)(H,34,35,36). The van der Waals surface area contributed by atoms with Crippen LogP contribution >= 0.6 is 0 Å². The monoisotopic (exact) mass is 602 g/mol. The van der Waals surface area contributed by atoms with Gasteiger partial charge in [-0.25, -0.2) is 4.39 Å². The third kappa shape index (κ3) is 6.58. The van der Waals surface area contributed by atoms with Crippen LogP contribution in [0.2, 0.25) is 0 Å². The number of anilines is 2. The summed E-state index contributed by atoms with van der Waals surface area (Å²) in [5.74, 6) is -0.989. The van der Waals surface area contributed by atoms with E-state index in [1.807, 2.05) is 0 Å². The van der Waals surface area contributed by atoms with Crippen molar-refractivity contribution in [1.82, 2.24) is 0 Å². The van der Waals surface area contributed by atoms with Crippen LogP contribution in [0.4, 0.5) is 38.5 Å². The average Bonchev–Trinajstić information content (AvgIpc) is 2.79. The molecule has 0 aromatic heterocycles. The molecule has 0 saturated heterocycles. The first kappa shape index (κ1) is 29.7. The molecule has 3 aromatic rings. The van der Waals surface area contributed by atoms with E-state index in [1.54, 1.807) is 6.92 Å². The van der Waals surface area contributed by atoms with Gasteiger partial charge < -0.3 is 11.5 Å². The lowest BCUT2D eigenvalue weighted by Crippen LogP contribution is -2.05. The van der Waals surface area contributed by atoms with Crippen LogP contribution < -0.4 is 11.5 Å². The van der Waals surface area contributed by atoms with Crippen molar-refractivity contribution < 1.29 is 43.3 Å². The van der Waals surface area contributed by atoms with Gasteiger partial charge in [-0.3, -0.25) is 13.7 Å². The number of nitrogens with two attached hydrogens (primary N) is 2. The van der Waals surface area contributed by atoms with Gasteiger partial charge in [0.05, 0.1) is 11.4 Å². The van der Waals surface area contributed by atoms with E-state index in [-0.39, 0.29) is 11.3 Å². The zero-order valence-electron chi connectivity index (χ0n) is 19.8. The van der Waals surface area contributed by atoms with Crippen molar-refractivity contribution in [2.75, 3.05) is 11.5 Å². The number of rotatable bonds is 7. The molecule has 39 heavy (non-hydrogen) atoms. The molecule has 0 saturated carbocycles. The molecule has 0 atom stereocenters. The van der Waals surface area contributed by atoms with E-state index in [4.69, 9.17) is 11.5 Å². The molecule has 0 spiro atoms. The summed E-state index contributed by atoms with van der Waals surface area (Å²) in [5.41, 5.74) is 8.78. The van der Waals surface area contributed by atoms with Gasteiger partial charge in [0.25, 0.3) is 30.4 Å². The smallest absolute Gasteiger partial charge is 0.296 e. The zero-order chi connectivity index (χ0) is 29.5. The van der Waals surface area contributed by atoms with E-state index in [2.05, 4.69) is 20.5 Å². The summed E-state index contributed by atoms with van der Waals surface area (Å²) in [5, 5.41) is 14.6. The molecule has 0 aliphatic rings. The zero-order valence-corrected chi connectivity index (χ0v) is 22.3. The molecule has 15 nitrogen and oxygen atoms in total. The molecule has 19 heteroatoms. The molecule has 0 aliphatic heterocycles. The van der Waals surface area contributed by atoms with E-state index in [1.165, 1.54) is 19.1 Å². The first-order valence-corrected chi connectivity index (χ1v) is 14.5. The van der Waals surface area contributed by atoms with E-state index < -0.39 is 79.3 Å². The van der Waals surface area contributed by atoms with E-state index in [9.17, 15) is 43.3 Å². The fourth-order valence-corrected chi connectivity index (χ4v) is 5.08. The molecule has 0 radical (unpaired) electrons. The van der Waals surface area contributed by atoms with Crippen LogP contribution in [0, 0.1) is 19.7 Å². The van der Waals surface area contributed by atoms with Crippen molar-refractivity contribution >= 4 is 64.5 Å². The van der Waals surface area contributed by atoms with E-state index in [0.29, 0.717) is 17.7 Å². The lowest BCUT2D eigenvalue weighted by atomic mass is 10.2. The van der Waals surface area contributed by atoms with Gasteiger partial charge in [-0.15, -0.1) is 20.5 Å². The maximum Gasteiger partial charge on any atom is 0.296 e. The minimum Gasteiger partial charge on any atom is -0.396 e. The Morgan fingerprint density at radius 3 is 1.72 bits per heavy atom. The van der Waals surface area contributed by atoms with Crippen LogP contribution in [-0.4, -0.2) is 38.9 Å². The number of hydrogen-bond acceptors (Lipinski definition) is 12. The third-order valence-corrected chi connectivity index (χ3v) is 7.69. The number of azo groups is 2. The Hall–Kier alpha value is -3.88. The second-order valence-corrected chi connectivity index (χ2v) is 12.1. The maximum absolute atomic E-state index is 13.9. The molecule has 3 aromatic carbocycles. The predicted octanol–water partition coefficient (Wildman–Crippen LogP) is 4.18. The topological polar surface area (TPSA) is 265 Å². The highest BCUT2D eigenvalue weighted by atomic mass is 32.2. The second kappa shape index (κ2) is 10.4. The number of aryl methyl sites for hydroxylation is 2. The van der Waals surface area contributed by atoms with Gasteiger partial charge in [-0.1, -0.05) is 6.07 Å². The third-order valence-electron chi connectivity index (χ3n) is 5.03. The number of halogens is 1. The van der Waals surface area contributed by atoms with Crippen molar-refractivity contribution in [2.24, 2.45) is 20.5 Å². The van der Waals surface area contributed by atoms with Gasteiger partial charge in [-0.05, 0) is 55.3 Å². The van der Waals surface area contributed by atoms with Crippen LogP contribution in [0.15, 0.2) is 71.5 Å². The Kier molecular flexibility index (Phi) is 7.88. The first-order valence-electron chi connectivity index (χ1n) is 10.2. The Morgan fingerprint density at radius 1 is 0.641 bits per heavy atom. The summed E-state index contributed by atoms with van der Waals surface area (Å²) >= 11 is 0. The molecule has 0 bridgehead atoms. The van der Waals surface area contributed by atoms with Crippen molar-refractivity contribution in [3.8, 4) is 0 Å². The molecule has 3 rings (SSSR count). The highest BCUT2D eigenvalue weighted by Gasteiger charge is 2.24. The Bertz CT molecular complexity index is 1890. The second-order valence-electron chi connectivity index (χ2n) is 7.94. The number of benzene rings is 3. The molecule has 0 fully saturated rings. The molecular weight excluding hydrogens is 583 g/mol. The lowest BCUT2D eigenvalue weighted by molar-refractivity contribution is 0.480. The maximum atomic E-state index is 13.9. The molecule has 0 amide bonds. The van der Waals surface area contributed by atoms with Gasteiger partial charge in [-0.2, -0.15) is 25.3 Å². The Labute approximate surface area is 221 Å². The van der Waals surface area contributed by atoms with Crippen LogP contribution in [0.1, 0.15) is 11.1 Å². The van der Waals surface area contributed by atoms with E-state index >= 15 is 0 Å². The summed E-state index contributed by atoms with van der Waals surface area (Å²) in [7, 11) is -14.8. The predicted molar refractivity (Wildman–Crippen MR) is 135 cm³/mol. The Balaban J connectivity index is 2.26. The van der Waals surface area contributed by atoms with Crippen LogP contribution in [0.25, 0.3) is 0 Å². The fourth-order valence-electron chi connectivity index (χ4n) is 3.12. The first-order chi connectivity index (χ1) is 17.8. The van der Waals surface area contributed by atoms with Gasteiger partial charge in [0.15, 0.2) is 0 Å². The quantitative estimate of drug-likeness (QED) is 0.145. The number of nitrogen functional groups attached to an aromatic ring is 2.